The molecule has 10 heteroatoms. The lowest BCUT2D eigenvalue weighted by molar-refractivity contribution is -0.0186. The van der Waals surface area contributed by atoms with Crippen molar-refractivity contribution >= 4 is 17.2 Å². The summed E-state index contributed by atoms with van der Waals surface area (Å²) in [6.45, 7) is 1.31. The van der Waals surface area contributed by atoms with Crippen LogP contribution in [-0.2, 0) is 12.1 Å². The van der Waals surface area contributed by atoms with Gasteiger partial charge in [0.1, 0.15) is 40.6 Å². The molecule has 2 N–H and O–H groups in total. The summed E-state index contributed by atoms with van der Waals surface area (Å²) in [5.41, 5.74) is -1.08. The first-order valence-corrected chi connectivity index (χ1v) is 10.6. The van der Waals surface area contributed by atoms with Crippen LogP contribution in [0.15, 0.2) is 66.6 Å². The standard InChI is InChI=1S/C22H19F2N5O2S/c1-14(27-20(30)19-10-32-21(28-19)15-5-3-2-4-6-15)22(31,11-29-13-25-12-26-29)17-8-7-16(23)9-18(17)24/h2-10,12-14,31H,11H2,1H3,(H,27,30). The molecular weight excluding hydrogens is 436 g/mol. The van der Waals surface area contributed by atoms with Crippen LogP contribution in [0.25, 0.3) is 10.6 Å². The average molecular weight is 455 g/mol. The summed E-state index contributed by atoms with van der Waals surface area (Å²) in [5, 5.41) is 20.4. The number of amides is 1. The Morgan fingerprint density at radius 1 is 1.25 bits per heavy atom. The predicted octanol–water partition coefficient (Wildman–Crippen LogP) is 3.39. The van der Waals surface area contributed by atoms with Crippen LogP contribution in [0, 0.1) is 11.6 Å². The third-order valence-corrected chi connectivity index (χ3v) is 5.98. The lowest BCUT2D eigenvalue weighted by Crippen LogP contribution is -2.52. The second-order valence-corrected chi connectivity index (χ2v) is 8.10. The molecule has 4 rings (SSSR count). The van der Waals surface area contributed by atoms with Crippen molar-refractivity contribution in [1.29, 1.82) is 0 Å². The summed E-state index contributed by atoms with van der Waals surface area (Å²) in [6, 6.07) is 11.3. The molecule has 0 bridgehead atoms. The fraction of sp³-hybridized carbons (Fsp3) is 0.182. The van der Waals surface area contributed by atoms with Crippen LogP contribution in [0.3, 0.4) is 0 Å². The molecule has 0 saturated heterocycles. The second-order valence-electron chi connectivity index (χ2n) is 7.24. The van der Waals surface area contributed by atoms with E-state index in [0.29, 0.717) is 11.1 Å². The monoisotopic (exact) mass is 455 g/mol. The third-order valence-electron chi connectivity index (χ3n) is 5.09. The van der Waals surface area contributed by atoms with Crippen LogP contribution in [0.1, 0.15) is 23.0 Å². The molecule has 2 aromatic heterocycles. The van der Waals surface area contributed by atoms with Gasteiger partial charge >= 0.3 is 0 Å². The van der Waals surface area contributed by atoms with Gasteiger partial charge in [0.15, 0.2) is 0 Å². The van der Waals surface area contributed by atoms with Crippen molar-refractivity contribution in [1.82, 2.24) is 25.1 Å². The quantitative estimate of drug-likeness (QED) is 0.446. The number of thiazole rings is 1. The number of hydrogen-bond donors (Lipinski definition) is 2. The van der Waals surface area contributed by atoms with E-state index >= 15 is 0 Å². The van der Waals surface area contributed by atoms with Crippen LogP contribution >= 0.6 is 11.3 Å². The number of hydrogen-bond acceptors (Lipinski definition) is 6. The Morgan fingerprint density at radius 3 is 2.72 bits per heavy atom. The minimum Gasteiger partial charge on any atom is -0.381 e. The van der Waals surface area contributed by atoms with E-state index < -0.39 is 29.2 Å². The number of rotatable bonds is 7. The first kappa shape index (κ1) is 21.7. The molecule has 0 saturated carbocycles. The van der Waals surface area contributed by atoms with Gasteiger partial charge in [0.2, 0.25) is 0 Å². The molecule has 1 amide bonds. The minimum atomic E-state index is -1.95. The van der Waals surface area contributed by atoms with Gasteiger partial charge in [-0.15, -0.1) is 11.3 Å². The van der Waals surface area contributed by atoms with Gasteiger partial charge in [0.05, 0.1) is 12.6 Å². The Labute approximate surface area is 186 Å². The molecule has 0 aliphatic rings. The number of nitrogens with one attached hydrogen (secondary N) is 1. The number of nitrogens with zero attached hydrogens (tertiary/aromatic N) is 4. The summed E-state index contributed by atoms with van der Waals surface area (Å²) in [7, 11) is 0. The highest BCUT2D eigenvalue weighted by molar-refractivity contribution is 7.13. The molecule has 32 heavy (non-hydrogen) atoms. The van der Waals surface area contributed by atoms with E-state index in [4.69, 9.17) is 0 Å². The number of benzene rings is 2. The maximum absolute atomic E-state index is 14.6. The summed E-state index contributed by atoms with van der Waals surface area (Å²) in [4.78, 5) is 21.0. The molecule has 2 atom stereocenters. The Kier molecular flexibility index (Phi) is 6.06. The van der Waals surface area contributed by atoms with E-state index in [1.165, 1.54) is 35.6 Å². The van der Waals surface area contributed by atoms with Crippen molar-refractivity contribution in [2.45, 2.75) is 25.1 Å². The molecule has 0 spiro atoms. The van der Waals surface area contributed by atoms with E-state index in [1.54, 1.807) is 5.38 Å². The van der Waals surface area contributed by atoms with Crippen LogP contribution in [0.5, 0.6) is 0 Å². The molecule has 164 valence electrons. The number of aliphatic hydroxyl groups is 1. The zero-order valence-corrected chi connectivity index (χ0v) is 17.8. The van der Waals surface area contributed by atoms with Gasteiger partial charge in [-0.3, -0.25) is 4.79 Å². The van der Waals surface area contributed by atoms with Gasteiger partial charge in [0.25, 0.3) is 5.91 Å². The van der Waals surface area contributed by atoms with Gasteiger partial charge in [0, 0.05) is 22.6 Å². The maximum atomic E-state index is 14.6. The highest BCUT2D eigenvalue weighted by atomic mass is 32.1. The van der Waals surface area contributed by atoms with Crippen molar-refractivity contribution in [2.75, 3.05) is 0 Å². The van der Waals surface area contributed by atoms with E-state index in [9.17, 15) is 18.7 Å². The Hall–Kier alpha value is -3.50. The molecule has 2 unspecified atom stereocenters. The maximum Gasteiger partial charge on any atom is 0.271 e. The number of carbonyl (C=O) groups excluding carboxylic acids is 1. The molecule has 0 fully saturated rings. The first-order valence-electron chi connectivity index (χ1n) is 9.69. The van der Waals surface area contributed by atoms with E-state index in [0.717, 1.165) is 17.7 Å². The lowest BCUT2D eigenvalue weighted by atomic mass is 9.86. The molecule has 4 aromatic rings. The normalized spacial score (nSPS) is 14.0. The van der Waals surface area contributed by atoms with Gasteiger partial charge in [-0.1, -0.05) is 36.4 Å². The third kappa shape index (κ3) is 4.41. The second kappa shape index (κ2) is 8.93. The molecule has 2 heterocycles. The topological polar surface area (TPSA) is 92.9 Å². The van der Waals surface area contributed by atoms with Gasteiger partial charge in [-0.05, 0) is 13.0 Å². The summed E-state index contributed by atoms with van der Waals surface area (Å²) < 4.78 is 29.4. The van der Waals surface area contributed by atoms with Crippen molar-refractivity contribution in [2.24, 2.45) is 0 Å². The van der Waals surface area contributed by atoms with Crippen LogP contribution in [0.4, 0.5) is 8.78 Å². The van der Waals surface area contributed by atoms with Gasteiger partial charge in [-0.25, -0.2) is 23.4 Å². The summed E-state index contributed by atoms with van der Waals surface area (Å²) in [6.07, 6.45) is 2.62. The predicted molar refractivity (Wildman–Crippen MR) is 115 cm³/mol. The Balaban J connectivity index is 1.60. The van der Waals surface area contributed by atoms with Gasteiger partial charge < -0.3 is 10.4 Å². The lowest BCUT2D eigenvalue weighted by Gasteiger charge is -2.35. The molecule has 0 aliphatic carbocycles. The van der Waals surface area contributed by atoms with E-state index in [2.05, 4.69) is 20.4 Å². The van der Waals surface area contributed by atoms with Crippen molar-refractivity contribution in [3.8, 4) is 10.6 Å². The number of carbonyl (C=O) groups is 1. The largest absolute Gasteiger partial charge is 0.381 e. The smallest absolute Gasteiger partial charge is 0.271 e. The van der Waals surface area contributed by atoms with Crippen LogP contribution < -0.4 is 5.32 Å². The van der Waals surface area contributed by atoms with Gasteiger partial charge in [-0.2, -0.15) is 5.10 Å². The van der Waals surface area contributed by atoms with Crippen molar-refractivity contribution in [3.63, 3.8) is 0 Å². The Morgan fingerprint density at radius 2 is 2.03 bits per heavy atom. The Bertz CT molecular complexity index is 1220. The van der Waals surface area contributed by atoms with Crippen molar-refractivity contribution < 1.29 is 18.7 Å². The zero-order valence-electron chi connectivity index (χ0n) is 16.9. The zero-order chi connectivity index (χ0) is 22.7. The average Bonchev–Trinajstić information content (AvgIpc) is 3.46. The summed E-state index contributed by atoms with van der Waals surface area (Å²) >= 11 is 1.31. The fourth-order valence-electron chi connectivity index (χ4n) is 3.34. The SMILES string of the molecule is CC(NC(=O)c1csc(-c2ccccc2)n1)C(O)(Cn1cncn1)c1ccc(F)cc1F. The highest BCUT2D eigenvalue weighted by Gasteiger charge is 2.40. The molecule has 2 aromatic carbocycles. The fourth-order valence-corrected chi connectivity index (χ4v) is 4.14. The van der Waals surface area contributed by atoms with Crippen LogP contribution in [-0.4, -0.2) is 36.8 Å². The van der Waals surface area contributed by atoms with Crippen LogP contribution in [0.2, 0.25) is 0 Å². The highest BCUT2D eigenvalue weighted by Crippen LogP contribution is 2.30. The molecule has 0 radical (unpaired) electrons. The van der Waals surface area contributed by atoms with E-state index in [-0.39, 0.29) is 17.8 Å². The number of aromatic nitrogens is 4. The number of halogens is 2. The van der Waals surface area contributed by atoms with Crippen molar-refractivity contribution in [3.05, 3.63) is 89.5 Å². The first-order chi connectivity index (χ1) is 15.4. The molecular formula is C22H19F2N5O2S. The van der Waals surface area contributed by atoms with E-state index in [1.807, 2.05) is 30.3 Å². The molecule has 0 aliphatic heterocycles. The minimum absolute atomic E-state index is 0.170. The summed E-state index contributed by atoms with van der Waals surface area (Å²) in [5.74, 6) is -2.24. The molecule has 7 nitrogen and oxygen atoms in total.